The predicted molar refractivity (Wildman–Crippen MR) is 113 cm³/mol. The molecule has 0 fully saturated rings. The number of benzene rings is 3. The van der Waals surface area contributed by atoms with Gasteiger partial charge in [0.1, 0.15) is 28.9 Å². The summed E-state index contributed by atoms with van der Waals surface area (Å²) in [5, 5.41) is 5.15. The fourth-order valence-electron chi connectivity index (χ4n) is 2.67. The largest absolute Gasteiger partial charge is 0.489 e. The molecule has 29 heavy (non-hydrogen) atoms. The van der Waals surface area contributed by atoms with Crippen LogP contribution in [0, 0.1) is 5.82 Å². The van der Waals surface area contributed by atoms with Crippen molar-refractivity contribution in [3.8, 4) is 16.3 Å². The third-order valence-electron chi connectivity index (χ3n) is 4.19. The number of carbonyl (C=O) groups excluding carboxylic acids is 1. The van der Waals surface area contributed by atoms with E-state index in [0.717, 1.165) is 21.9 Å². The standard InChI is InChI=1S/C23H17FN2O2S/c24-18-8-10-19(11-9-18)25-22(27)21-15-29-23(26-21)17-6-12-20(13-7-17)28-14-16-4-2-1-3-5-16/h1-13,15H,14H2,(H,25,27). The van der Waals surface area contributed by atoms with Gasteiger partial charge in [-0.1, -0.05) is 30.3 Å². The van der Waals surface area contributed by atoms with Crippen molar-refractivity contribution in [1.82, 2.24) is 4.98 Å². The number of nitrogens with zero attached hydrogens (tertiary/aromatic N) is 1. The number of ether oxygens (including phenoxy) is 1. The van der Waals surface area contributed by atoms with Crippen molar-refractivity contribution in [1.29, 1.82) is 0 Å². The highest BCUT2D eigenvalue weighted by Gasteiger charge is 2.12. The molecule has 0 bridgehead atoms. The van der Waals surface area contributed by atoms with Gasteiger partial charge >= 0.3 is 0 Å². The number of hydrogen-bond acceptors (Lipinski definition) is 4. The van der Waals surface area contributed by atoms with Crippen LogP contribution >= 0.6 is 11.3 Å². The average Bonchev–Trinajstić information content (AvgIpc) is 3.25. The van der Waals surface area contributed by atoms with Crippen molar-refractivity contribution in [2.75, 3.05) is 5.32 Å². The minimum absolute atomic E-state index is 0.318. The summed E-state index contributed by atoms with van der Waals surface area (Å²) >= 11 is 1.39. The van der Waals surface area contributed by atoms with Crippen LogP contribution in [0.2, 0.25) is 0 Å². The second-order valence-corrected chi connectivity index (χ2v) is 7.16. The molecular weight excluding hydrogens is 387 g/mol. The zero-order valence-corrected chi connectivity index (χ0v) is 16.2. The summed E-state index contributed by atoms with van der Waals surface area (Å²) in [4.78, 5) is 16.7. The van der Waals surface area contributed by atoms with Crippen LogP contribution in [0.15, 0.2) is 84.2 Å². The SMILES string of the molecule is O=C(Nc1ccc(F)cc1)c1csc(-c2ccc(OCc3ccccc3)cc2)n1. The van der Waals surface area contributed by atoms with Gasteiger partial charge in [-0.05, 0) is 54.1 Å². The number of aromatic nitrogens is 1. The zero-order chi connectivity index (χ0) is 20.1. The van der Waals surface area contributed by atoms with Gasteiger partial charge in [0.25, 0.3) is 5.91 Å². The van der Waals surface area contributed by atoms with Crippen LogP contribution in [0.5, 0.6) is 5.75 Å². The van der Waals surface area contributed by atoms with Crippen LogP contribution in [-0.4, -0.2) is 10.9 Å². The average molecular weight is 404 g/mol. The Labute approximate surface area is 171 Å². The lowest BCUT2D eigenvalue weighted by Gasteiger charge is -2.06. The van der Waals surface area contributed by atoms with Crippen molar-refractivity contribution in [3.63, 3.8) is 0 Å². The molecule has 0 saturated heterocycles. The first-order chi connectivity index (χ1) is 14.2. The van der Waals surface area contributed by atoms with Gasteiger partial charge in [0.15, 0.2) is 0 Å². The van der Waals surface area contributed by atoms with Crippen molar-refractivity contribution >= 4 is 22.9 Å². The van der Waals surface area contributed by atoms with E-state index in [9.17, 15) is 9.18 Å². The van der Waals surface area contributed by atoms with Crippen molar-refractivity contribution < 1.29 is 13.9 Å². The predicted octanol–water partition coefficient (Wildman–Crippen LogP) is 5.78. The third-order valence-corrected chi connectivity index (χ3v) is 5.08. The third kappa shape index (κ3) is 4.86. The van der Waals surface area contributed by atoms with E-state index in [0.29, 0.717) is 18.0 Å². The summed E-state index contributed by atoms with van der Waals surface area (Å²) in [6.07, 6.45) is 0. The smallest absolute Gasteiger partial charge is 0.275 e. The Balaban J connectivity index is 1.39. The molecule has 4 rings (SSSR count). The highest BCUT2D eigenvalue weighted by atomic mass is 32.1. The van der Waals surface area contributed by atoms with Crippen molar-refractivity contribution in [2.24, 2.45) is 0 Å². The van der Waals surface area contributed by atoms with E-state index in [4.69, 9.17) is 4.74 Å². The van der Waals surface area contributed by atoms with Gasteiger partial charge in [0.05, 0.1) is 0 Å². The molecule has 6 heteroatoms. The summed E-state index contributed by atoms with van der Waals surface area (Å²) < 4.78 is 18.8. The van der Waals surface area contributed by atoms with Crippen molar-refractivity contribution in [3.05, 3.63) is 101 Å². The highest BCUT2D eigenvalue weighted by molar-refractivity contribution is 7.13. The van der Waals surface area contributed by atoms with Gasteiger partial charge in [-0.2, -0.15) is 0 Å². The lowest BCUT2D eigenvalue weighted by molar-refractivity contribution is 0.102. The maximum atomic E-state index is 13.0. The molecule has 1 N–H and O–H groups in total. The topological polar surface area (TPSA) is 51.2 Å². The molecule has 1 aromatic heterocycles. The van der Waals surface area contributed by atoms with Crippen LogP contribution in [0.4, 0.5) is 10.1 Å². The Bertz CT molecular complexity index is 1090. The Morgan fingerprint density at radius 1 is 0.966 bits per heavy atom. The number of anilines is 1. The molecule has 0 aliphatic heterocycles. The molecule has 4 aromatic rings. The summed E-state index contributed by atoms with van der Waals surface area (Å²) in [7, 11) is 0. The second kappa shape index (κ2) is 8.67. The van der Waals surface area contributed by atoms with Crippen molar-refractivity contribution in [2.45, 2.75) is 6.61 Å². The van der Waals surface area contributed by atoms with Crippen LogP contribution < -0.4 is 10.1 Å². The Hall–Kier alpha value is -3.51. The van der Waals surface area contributed by atoms with Gasteiger partial charge < -0.3 is 10.1 Å². The summed E-state index contributed by atoms with van der Waals surface area (Å²) in [6, 6.07) is 23.2. The number of carbonyl (C=O) groups is 1. The number of hydrogen-bond donors (Lipinski definition) is 1. The van der Waals surface area contributed by atoms with Gasteiger partial charge in [0.2, 0.25) is 0 Å². The molecule has 0 unspecified atom stereocenters. The van der Waals surface area contributed by atoms with E-state index in [1.807, 2.05) is 54.6 Å². The number of halogens is 1. The van der Waals surface area contributed by atoms with Crippen LogP contribution in [-0.2, 0) is 6.61 Å². The lowest BCUT2D eigenvalue weighted by atomic mass is 10.2. The Morgan fingerprint density at radius 2 is 1.69 bits per heavy atom. The van der Waals surface area contributed by atoms with Gasteiger partial charge in [-0.25, -0.2) is 9.37 Å². The first-order valence-electron chi connectivity index (χ1n) is 8.97. The molecule has 1 amide bonds. The highest BCUT2D eigenvalue weighted by Crippen LogP contribution is 2.26. The van der Waals surface area contributed by atoms with Gasteiger partial charge in [-0.3, -0.25) is 4.79 Å². The molecule has 0 aliphatic rings. The van der Waals surface area contributed by atoms with E-state index in [1.54, 1.807) is 5.38 Å². The van der Waals surface area contributed by atoms with E-state index in [2.05, 4.69) is 10.3 Å². The molecule has 0 saturated carbocycles. The fraction of sp³-hybridized carbons (Fsp3) is 0.0435. The molecule has 4 nitrogen and oxygen atoms in total. The van der Waals surface area contributed by atoms with E-state index in [1.165, 1.54) is 35.6 Å². The monoisotopic (exact) mass is 404 g/mol. The lowest BCUT2D eigenvalue weighted by Crippen LogP contribution is -2.12. The van der Waals surface area contributed by atoms with Crippen LogP contribution in [0.1, 0.15) is 16.1 Å². The second-order valence-electron chi connectivity index (χ2n) is 6.30. The first kappa shape index (κ1) is 18.8. The number of nitrogens with one attached hydrogen (secondary N) is 1. The van der Waals surface area contributed by atoms with Gasteiger partial charge in [-0.15, -0.1) is 11.3 Å². The zero-order valence-electron chi connectivity index (χ0n) is 15.3. The maximum Gasteiger partial charge on any atom is 0.275 e. The quantitative estimate of drug-likeness (QED) is 0.443. The van der Waals surface area contributed by atoms with Crippen LogP contribution in [0.25, 0.3) is 10.6 Å². The van der Waals surface area contributed by atoms with E-state index in [-0.39, 0.29) is 11.7 Å². The summed E-state index contributed by atoms with van der Waals surface area (Å²) in [5.74, 6) is 0.0838. The number of amides is 1. The fourth-order valence-corrected chi connectivity index (χ4v) is 3.48. The molecule has 0 radical (unpaired) electrons. The van der Waals surface area contributed by atoms with E-state index < -0.39 is 0 Å². The molecule has 3 aromatic carbocycles. The summed E-state index contributed by atoms with van der Waals surface area (Å²) in [5.41, 5.74) is 2.85. The first-order valence-corrected chi connectivity index (χ1v) is 9.85. The maximum absolute atomic E-state index is 13.0. The number of rotatable bonds is 6. The minimum Gasteiger partial charge on any atom is -0.489 e. The summed E-state index contributed by atoms with van der Waals surface area (Å²) in [6.45, 7) is 0.505. The Kier molecular flexibility index (Phi) is 5.63. The molecular formula is C23H17FN2O2S. The normalized spacial score (nSPS) is 10.5. The Morgan fingerprint density at radius 3 is 2.41 bits per heavy atom. The number of thiazole rings is 1. The molecule has 0 atom stereocenters. The van der Waals surface area contributed by atoms with E-state index >= 15 is 0 Å². The molecule has 0 spiro atoms. The van der Waals surface area contributed by atoms with Gasteiger partial charge in [0, 0.05) is 16.6 Å². The minimum atomic E-state index is -0.352. The molecule has 144 valence electrons. The molecule has 0 aliphatic carbocycles. The van der Waals surface area contributed by atoms with Crippen LogP contribution in [0.3, 0.4) is 0 Å². The molecule has 1 heterocycles.